The highest BCUT2D eigenvalue weighted by Crippen LogP contribution is 2.44. The van der Waals surface area contributed by atoms with Crippen molar-refractivity contribution in [1.82, 2.24) is 0 Å². The molecule has 5 aromatic rings. The van der Waals surface area contributed by atoms with Crippen molar-refractivity contribution < 1.29 is 54.2 Å². The number of fused-ring (bicyclic) bond motifs is 8. The Morgan fingerprint density at radius 1 is 0.710 bits per heavy atom. The van der Waals surface area contributed by atoms with E-state index < -0.39 is 49.2 Å². The average Bonchev–Trinajstić information content (AvgIpc) is 3.84. The van der Waals surface area contributed by atoms with Crippen molar-refractivity contribution in [2.75, 3.05) is 35.1 Å². The predicted octanol–water partition coefficient (Wildman–Crippen LogP) is 7.64. The van der Waals surface area contributed by atoms with Crippen LogP contribution in [-0.2, 0) is 68.1 Å². The highest BCUT2D eigenvalue weighted by atomic mass is 32.2. The topological polar surface area (TPSA) is 195 Å². The van der Waals surface area contributed by atoms with Gasteiger partial charge in [-0.25, -0.2) is 0 Å². The van der Waals surface area contributed by atoms with Gasteiger partial charge in [-0.05, 0) is 138 Å². The van der Waals surface area contributed by atoms with Crippen molar-refractivity contribution in [3.05, 3.63) is 141 Å². The Morgan fingerprint density at radius 3 is 1.88 bits per heavy atom. The van der Waals surface area contributed by atoms with Gasteiger partial charge >= 0.3 is 0 Å². The Balaban J connectivity index is 1.01. The minimum atomic E-state index is -4.41. The molecule has 17 heteroatoms. The van der Waals surface area contributed by atoms with Gasteiger partial charge in [0.15, 0.2) is 11.5 Å². The molecule has 0 aromatic heterocycles. The summed E-state index contributed by atoms with van der Waals surface area (Å²) in [5, 5.41) is 1.98. The summed E-state index contributed by atoms with van der Waals surface area (Å²) in [6.45, 7) is 5.93. The van der Waals surface area contributed by atoms with Crippen LogP contribution in [-0.4, -0.2) is 76.4 Å². The first-order valence-electron chi connectivity index (χ1n) is 23.0. The predicted molar refractivity (Wildman–Crippen MR) is 260 cm³/mol. The highest BCUT2D eigenvalue weighted by Gasteiger charge is 2.48. The van der Waals surface area contributed by atoms with Crippen molar-refractivity contribution in [2.24, 2.45) is 11.8 Å². The monoisotopic (exact) mass is 977 g/mol. The normalized spacial score (nSPS) is 19.4. The van der Waals surface area contributed by atoms with Crippen molar-refractivity contribution >= 4 is 55.0 Å². The number of aryl methyl sites for hydroxylation is 1. The maximum absolute atomic E-state index is 14.4. The number of nitrogens with one attached hydrogen (secondary N) is 1. The molecule has 3 amide bonds. The molecule has 0 bridgehead atoms. The summed E-state index contributed by atoms with van der Waals surface area (Å²) in [6, 6.07) is 26.0. The molecule has 4 aliphatic rings. The minimum absolute atomic E-state index is 0.0154. The minimum Gasteiger partial charge on any atom is -0.493 e. The zero-order valence-electron chi connectivity index (χ0n) is 39.1. The third-order valence-electron chi connectivity index (χ3n) is 13.7. The Morgan fingerprint density at radius 2 is 1.28 bits per heavy atom. The fourth-order valence-electron chi connectivity index (χ4n) is 10.4. The average molecular weight is 978 g/mol. The van der Waals surface area contributed by atoms with Crippen molar-refractivity contribution in [2.45, 2.75) is 89.8 Å². The smallest absolute Gasteiger partial charge is 0.272 e. The van der Waals surface area contributed by atoms with Crippen LogP contribution in [0, 0.1) is 18.8 Å². The number of nitrogens with zero attached hydrogens (tertiary/aromatic N) is 2. The Labute approximate surface area is 402 Å². The standard InChI is InChI=1S/C52H55N3O12S2/c1-30(2)14-15-50(56)53-39-18-32(27-66-46-23-37-25-49(69(62,63)65-5)45-22-35-11-7-9-13-43(35)55(45)51(57)40(37)16-31(46)3)17-33(19-39)28-67-48-24-36-20-38(29-68(59,60)61)44-21-34-10-6-8-12-42(34)54(44)52(58)41(36)26-47(48)64-4/h6-13,16-19,23-24,26,30,38,44-45,49H,14-15,20-22,25,27-29H2,1-5H3,(H,53,56)(H,59,60,61)/t38?,44-,45-,49?/m0/s1. The van der Waals surface area contributed by atoms with Crippen molar-refractivity contribution in [1.29, 1.82) is 0 Å². The van der Waals surface area contributed by atoms with Crippen LogP contribution in [0.2, 0.25) is 0 Å². The van der Waals surface area contributed by atoms with Crippen LogP contribution in [0.4, 0.5) is 17.1 Å². The third-order valence-corrected chi connectivity index (χ3v) is 16.2. The number of carbonyl (C=O) groups excluding carboxylic acids is 3. The number of amides is 3. The van der Waals surface area contributed by atoms with E-state index in [-0.39, 0.29) is 49.5 Å². The van der Waals surface area contributed by atoms with E-state index >= 15 is 0 Å². The lowest BCUT2D eigenvalue weighted by molar-refractivity contribution is -0.116. The first-order valence-corrected chi connectivity index (χ1v) is 26.1. The molecule has 0 radical (unpaired) electrons. The lowest BCUT2D eigenvalue weighted by Crippen LogP contribution is -2.47. The first-order chi connectivity index (χ1) is 32.9. The second-order valence-electron chi connectivity index (χ2n) is 18.8. The molecule has 0 saturated carbocycles. The number of ether oxygens (including phenoxy) is 3. The number of hydrogen-bond acceptors (Lipinski definition) is 11. The van der Waals surface area contributed by atoms with E-state index in [0.717, 1.165) is 18.2 Å². The summed E-state index contributed by atoms with van der Waals surface area (Å²) in [5.74, 6) is -0.589. The molecule has 4 atom stereocenters. The molecule has 0 aliphatic carbocycles. The summed E-state index contributed by atoms with van der Waals surface area (Å²) in [4.78, 5) is 45.1. The van der Waals surface area contributed by atoms with E-state index in [2.05, 4.69) is 5.32 Å². The lowest BCUT2D eigenvalue weighted by Gasteiger charge is -2.28. The number of benzene rings is 5. The molecule has 5 aromatic carbocycles. The van der Waals surface area contributed by atoms with Crippen molar-refractivity contribution in [3.8, 4) is 17.2 Å². The number of methoxy groups -OCH3 is 1. The summed E-state index contributed by atoms with van der Waals surface area (Å²) in [5.41, 5.74) is 7.47. The van der Waals surface area contributed by atoms with Crippen LogP contribution >= 0.6 is 0 Å². The zero-order valence-corrected chi connectivity index (χ0v) is 40.7. The van der Waals surface area contributed by atoms with Crippen LogP contribution in [0.25, 0.3) is 0 Å². The Kier molecular flexibility index (Phi) is 13.1. The zero-order chi connectivity index (χ0) is 48.9. The molecule has 9 rings (SSSR count). The number of anilines is 3. The van der Waals surface area contributed by atoms with Gasteiger partial charge in [0.25, 0.3) is 32.1 Å². The molecular formula is C52H55N3O12S2. The van der Waals surface area contributed by atoms with Gasteiger partial charge in [-0.2, -0.15) is 16.8 Å². The van der Waals surface area contributed by atoms with Gasteiger partial charge in [-0.3, -0.25) is 23.1 Å². The molecule has 4 aliphatic heterocycles. The molecule has 4 heterocycles. The van der Waals surface area contributed by atoms with E-state index in [1.165, 1.54) is 7.11 Å². The molecule has 0 saturated heterocycles. The van der Waals surface area contributed by atoms with Gasteiger partial charge in [0, 0.05) is 46.6 Å². The molecular weight excluding hydrogens is 923 g/mol. The Bertz CT molecular complexity index is 3100. The second kappa shape index (κ2) is 18.9. The van der Waals surface area contributed by atoms with Crippen LogP contribution in [0.3, 0.4) is 0 Å². The van der Waals surface area contributed by atoms with Gasteiger partial charge in [0.05, 0.1) is 26.0 Å². The van der Waals surface area contributed by atoms with E-state index in [0.29, 0.717) is 99.1 Å². The fourth-order valence-corrected chi connectivity index (χ4v) is 12.5. The van der Waals surface area contributed by atoms with Crippen LogP contribution in [0.15, 0.2) is 91.0 Å². The Hall–Kier alpha value is -6.27. The number of hydrogen-bond donors (Lipinski definition) is 2. The van der Waals surface area contributed by atoms with E-state index in [1.807, 2.05) is 75.4 Å². The molecule has 0 fully saturated rings. The summed E-state index contributed by atoms with van der Waals surface area (Å²) in [7, 11) is -5.89. The molecule has 2 N–H and O–H groups in total. The maximum Gasteiger partial charge on any atom is 0.272 e. The molecule has 362 valence electrons. The van der Waals surface area contributed by atoms with Gasteiger partial charge in [0.1, 0.15) is 24.2 Å². The van der Waals surface area contributed by atoms with Gasteiger partial charge in [0.2, 0.25) is 5.91 Å². The van der Waals surface area contributed by atoms with E-state index in [9.17, 15) is 35.8 Å². The molecule has 2 unspecified atom stereocenters. The number of carbonyl (C=O) groups is 3. The quantitative estimate of drug-likeness (QED) is 0.0770. The number of rotatable bonds is 15. The maximum atomic E-state index is 14.4. The fraction of sp³-hybridized carbons (Fsp3) is 0.365. The van der Waals surface area contributed by atoms with E-state index in [1.54, 1.807) is 46.2 Å². The summed E-state index contributed by atoms with van der Waals surface area (Å²) in [6.07, 6.45) is 2.01. The van der Waals surface area contributed by atoms with Crippen LogP contribution in [0.5, 0.6) is 17.2 Å². The first kappa shape index (κ1) is 47.8. The largest absolute Gasteiger partial charge is 0.493 e. The van der Waals surface area contributed by atoms with E-state index in [4.69, 9.17) is 18.4 Å². The van der Waals surface area contributed by atoms with Gasteiger partial charge < -0.3 is 29.3 Å². The van der Waals surface area contributed by atoms with Crippen LogP contribution in [0.1, 0.15) is 86.3 Å². The summed E-state index contributed by atoms with van der Waals surface area (Å²) < 4.78 is 85.6. The molecule has 0 spiro atoms. The summed E-state index contributed by atoms with van der Waals surface area (Å²) >= 11 is 0. The third kappa shape index (κ3) is 9.69. The van der Waals surface area contributed by atoms with Crippen molar-refractivity contribution in [3.63, 3.8) is 0 Å². The molecule has 69 heavy (non-hydrogen) atoms. The number of para-hydroxylation sites is 2. The van der Waals surface area contributed by atoms with Gasteiger partial charge in [-0.15, -0.1) is 0 Å². The van der Waals surface area contributed by atoms with Crippen LogP contribution < -0.4 is 29.3 Å². The van der Waals surface area contributed by atoms with Gasteiger partial charge in [-0.1, -0.05) is 50.2 Å². The lowest BCUT2D eigenvalue weighted by atomic mass is 9.91. The SMILES string of the molecule is COc1cc2c(cc1OCc1cc(COc3cc4c(cc3C)C(=O)N3c5ccccc5C[C@H]3C(S(=O)(=O)OC)C4)cc(NC(=O)CCC(C)C)c1)CC(CS(=O)(=O)O)[C@@H]1Cc3ccccc3N1C2=O. The second-order valence-corrected chi connectivity index (χ2v) is 22.2. The molecule has 15 nitrogen and oxygen atoms in total. The highest BCUT2D eigenvalue weighted by molar-refractivity contribution is 7.87.